The summed E-state index contributed by atoms with van der Waals surface area (Å²) >= 11 is 0. The van der Waals surface area contributed by atoms with Gasteiger partial charge in [0.2, 0.25) is 0 Å². The monoisotopic (exact) mass is 340 g/mol. The molecule has 4 heteroatoms. The van der Waals surface area contributed by atoms with Gasteiger partial charge in [0.05, 0.1) is 11.8 Å². The Morgan fingerprint density at radius 3 is 2.12 bits per heavy atom. The number of hydrogen-bond donors (Lipinski definition) is 1. The molecule has 1 aliphatic carbocycles. The van der Waals surface area contributed by atoms with E-state index in [4.69, 9.17) is 4.74 Å². The van der Waals surface area contributed by atoms with Crippen LogP contribution in [0.2, 0.25) is 0 Å². The van der Waals surface area contributed by atoms with Crippen molar-refractivity contribution in [2.24, 2.45) is 11.8 Å². The van der Waals surface area contributed by atoms with Crippen molar-refractivity contribution in [3.8, 4) is 0 Å². The number of carboxylic acid groups (broad SMARTS) is 1. The van der Waals surface area contributed by atoms with Gasteiger partial charge in [-0.15, -0.1) is 0 Å². The first kappa shape index (κ1) is 21.0. The molecule has 0 radical (unpaired) electrons. The van der Waals surface area contributed by atoms with Crippen LogP contribution in [-0.4, -0.2) is 23.1 Å². The minimum absolute atomic E-state index is 0.0514. The van der Waals surface area contributed by atoms with Crippen molar-refractivity contribution in [2.45, 2.75) is 103 Å². The summed E-state index contributed by atoms with van der Waals surface area (Å²) in [5.41, 5.74) is 0. The predicted molar refractivity (Wildman–Crippen MR) is 95.9 cm³/mol. The van der Waals surface area contributed by atoms with Crippen molar-refractivity contribution in [2.75, 3.05) is 0 Å². The van der Waals surface area contributed by atoms with Crippen molar-refractivity contribution >= 4 is 11.9 Å². The normalized spacial score (nSPS) is 22.1. The lowest BCUT2D eigenvalue weighted by molar-refractivity contribution is -0.164. The van der Waals surface area contributed by atoms with Crippen molar-refractivity contribution in [3.05, 3.63) is 0 Å². The van der Waals surface area contributed by atoms with E-state index in [0.717, 1.165) is 32.1 Å². The van der Waals surface area contributed by atoms with Crippen molar-refractivity contribution in [1.82, 2.24) is 0 Å². The van der Waals surface area contributed by atoms with E-state index < -0.39 is 17.8 Å². The van der Waals surface area contributed by atoms with E-state index in [1.807, 2.05) is 6.92 Å². The number of carbonyl (C=O) groups is 2. The van der Waals surface area contributed by atoms with E-state index in [9.17, 15) is 14.7 Å². The van der Waals surface area contributed by atoms with Crippen LogP contribution >= 0.6 is 0 Å². The van der Waals surface area contributed by atoms with Crippen LogP contribution in [0.4, 0.5) is 0 Å². The minimum atomic E-state index is -0.850. The molecule has 4 nitrogen and oxygen atoms in total. The van der Waals surface area contributed by atoms with Crippen molar-refractivity contribution < 1.29 is 19.4 Å². The van der Waals surface area contributed by atoms with Gasteiger partial charge >= 0.3 is 11.9 Å². The second-order valence-corrected chi connectivity index (χ2v) is 7.21. The fourth-order valence-corrected chi connectivity index (χ4v) is 3.64. The first-order valence-corrected chi connectivity index (χ1v) is 10.0. The fourth-order valence-electron chi connectivity index (χ4n) is 3.64. The van der Waals surface area contributed by atoms with Crippen LogP contribution in [0, 0.1) is 11.8 Å². The summed E-state index contributed by atoms with van der Waals surface area (Å²) in [5.74, 6) is -2.13. The zero-order valence-electron chi connectivity index (χ0n) is 15.6. The Morgan fingerprint density at radius 1 is 0.958 bits per heavy atom. The Kier molecular flexibility index (Phi) is 10.8. The second-order valence-electron chi connectivity index (χ2n) is 7.21. The van der Waals surface area contributed by atoms with Gasteiger partial charge in [0, 0.05) is 0 Å². The van der Waals surface area contributed by atoms with Gasteiger partial charge in [-0.05, 0) is 32.1 Å². The van der Waals surface area contributed by atoms with Gasteiger partial charge in [-0.2, -0.15) is 0 Å². The molecule has 0 aliphatic heterocycles. The molecule has 0 aromatic carbocycles. The largest absolute Gasteiger partial charge is 0.481 e. The van der Waals surface area contributed by atoms with Gasteiger partial charge in [0.1, 0.15) is 6.10 Å². The van der Waals surface area contributed by atoms with E-state index in [1.54, 1.807) is 0 Å². The number of esters is 1. The highest BCUT2D eigenvalue weighted by molar-refractivity contribution is 5.81. The Bertz CT molecular complexity index is 367. The summed E-state index contributed by atoms with van der Waals surface area (Å²) in [6, 6.07) is 0. The molecule has 1 rings (SSSR count). The van der Waals surface area contributed by atoms with E-state index in [-0.39, 0.29) is 12.1 Å². The Hall–Kier alpha value is -1.06. The third kappa shape index (κ3) is 7.67. The number of hydrogen-bond acceptors (Lipinski definition) is 3. The summed E-state index contributed by atoms with van der Waals surface area (Å²) in [6.45, 7) is 4.26. The third-order valence-corrected chi connectivity index (χ3v) is 5.25. The number of unbranched alkanes of at least 4 members (excludes halogenated alkanes) is 6. The predicted octanol–water partition coefficient (Wildman–Crippen LogP) is 5.34. The molecule has 0 aromatic rings. The van der Waals surface area contributed by atoms with Crippen LogP contribution in [0.1, 0.15) is 97.3 Å². The maximum atomic E-state index is 12.4. The van der Waals surface area contributed by atoms with Crippen LogP contribution in [-0.2, 0) is 14.3 Å². The summed E-state index contributed by atoms with van der Waals surface area (Å²) in [5, 5.41) is 9.30. The number of aliphatic carboxylic acids is 1. The molecule has 0 heterocycles. The maximum absolute atomic E-state index is 12.4. The highest BCUT2D eigenvalue weighted by atomic mass is 16.5. The molecule has 3 atom stereocenters. The van der Waals surface area contributed by atoms with Crippen LogP contribution in [0.5, 0.6) is 0 Å². The van der Waals surface area contributed by atoms with Gasteiger partial charge in [-0.1, -0.05) is 65.2 Å². The van der Waals surface area contributed by atoms with E-state index in [0.29, 0.717) is 12.8 Å². The lowest BCUT2D eigenvalue weighted by Crippen LogP contribution is -2.35. The molecule has 0 aromatic heterocycles. The second kappa shape index (κ2) is 12.3. The third-order valence-electron chi connectivity index (χ3n) is 5.25. The van der Waals surface area contributed by atoms with Crippen LogP contribution < -0.4 is 0 Å². The molecule has 1 fully saturated rings. The van der Waals surface area contributed by atoms with Gasteiger partial charge in [-0.25, -0.2) is 0 Å². The molecule has 1 aliphatic rings. The molecule has 3 unspecified atom stereocenters. The molecular formula is C20H36O4. The molecular weight excluding hydrogens is 304 g/mol. The smallest absolute Gasteiger partial charge is 0.310 e. The standard InChI is InChI=1S/C20H36O4/c1-3-5-6-7-8-9-10-13-16(4-2)24-20(23)18-15-12-11-14-17(18)19(21)22/h16-18H,3-15H2,1-2H3,(H,21,22). The minimum Gasteiger partial charge on any atom is -0.481 e. The van der Waals surface area contributed by atoms with Gasteiger partial charge in [0.25, 0.3) is 0 Å². The van der Waals surface area contributed by atoms with Crippen molar-refractivity contribution in [1.29, 1.82) is 0 Å². The molecule has 0 spiro atoms. The van der Waals surface area contributed by atoms with Crippen LogP contribution in [0.25, 0.3) is 0 Å². The first-order valence-electron chi connectivity index (χ1n) is 10.0. The molecule has 140 valence electrons. The maximum Gasteiger partial charge on any atom is 0.310 e. The lowest BCUT2D eigenvalue weighted by atomic mass is 9.79. The molecule has 0 amide bonds. The number of rotatable bonds is 12. The van der Waals surface area contributed by atoms with Gasteiger partial charge in [0.15, 0.2) is 0 Å². The summed E-state index contributed by atoms with van der Waals surface area (Å²) in [6.07, 6.45) is 13.5. The topological polar surface area (TPSA) is 63.6 Å². The first-order chi connectivity index (χ1) is 11.6. The molecule has 1 N–H and O–H groups in total. The number of carbonyl (C=O) groups excluding carboxylic acids is 1. The Balaban J connectivity index is 2.30. The highest BCUT2D eigenvalue weighted by Gasteiger charge is 2.37. The van der Waals surface area contributed by atoms with Gasteiger partial charge < -0.3 is 9.84 Å². The fraction of sp³-hybridized carbons (Fsp3) is 0.900. The van der Waals surface area contributed by atoms with E-state index in [2.05, 4.69) is 6.92 Å². The van der Waals surface area contributed by atoms with Crippen LogP contribution in [0.15, 0.2) is 0 Å². The number of ether oxygens (including phenoxy) is 1. The number of carboxylic acids is 1. The average molecular weight is 341 g/mol. The van der Waals surface area contributed by atoms with E-state index in [1.165, 1.54) is 38.5 Å². The lowest BCUT2D eigenvalue weighted by Gasteiger charge is -2.28. The summed E-state index contributed by atoms with van der Waals surface area (Å²) < 4.78 is 5.66. The van der Waals surface area contributed by atoms with Gasteiger partial charge in [-0.3, -0.25) is 9.59 Å². The average Bonchev–Trinajstić information content (AvgIpc) is 2.59. The highest BCUT2D eigenvalue weighted by Crippen LogP contribution is 2.32. The zero-order chi connectivity index (χ0) is 17.8. The zero-order valence-corrected chi connectivity index (χ0v) is 15.6. The molecule has 1 saturated carbocycles. The SMILES string of the molecule is CCCCCCCCCC(CC)OC(=O)C1CCCCC1C(=O)O. The van der Waals surface area contributed by atoms with Crippen LogP contribution in [0.3, 0.4) is 0 Å². The molecule has 0 bridgehead atoms. The summed E-state index contributed by atoms with van der Waals surface area (Å²) in [7, 11) is 0. The molecule has 24 heavy (non-hydrogen) atoms. The Morgan fingerprint density at radius 2 is 1.54 bits per heavy atom. The Labute approximate surface area is 147 Å². The van der Waals surface area contributed by atoms with Crippen molar-refractivity contribution in [3.63, 3.8) is 0 Å². The quantitative estimate of drug-likeness (QED) is 0.385. The van der Waals surface area contributed by atoms with E-state index >= 15 is 0 Å². The summed E-state index contributed by atoms with van der Waals surface area (Å²) in [4.78, 5) is 23.7. The molecule has 0 saturated heterocycles.